The summed E-state index contributed by atoms with van der Waals surface area (Å²) in [7, 11) is 0. The van der Waals surface area contributed by atoms with Crippen molar-refractivity contribution in [3.05, 3.63) is 0 Å². The van der Waals surface area contributed by atoms with E-state index in [1.165, 1.54) is 32.1 Å². The minimum Gasteiger partial charge on any atom is -0.231 e. The molecular formula is C9H14N2. The highest BCUT2D eigenvalue weighted by atomic mass is 15.8. The van der Waals surface area contributed by atoms with Crippen LogP contribution >= 0.6 is 0 Å². The summed E-state index contributed by atoms with van der Waals surface area (Å²) in [6.07, 6.45) is 11.9. The summed E-state index contributed by atoms with van der Waals surface area (Å²) in [5, 5.41) is 2.20. The van der Waals surface area contributed by atoms with Gasteiger partial charge in [-0.05, 0) is 12.8 Å². The average molecular weight is 150 g/mol. The fourth-order valence-corrected chi connectivity index (χ4v) is 2.03. The van der Waals surface area contributed by atoms with Gasteiger partial charge in [-0.25, -0.2) is 10.4 Å². The molecule has 0 bridgehead atoms. The van der Waals surface area contributed by atoms with Gasteiger partial charge in [-0.15, -0.1) is 6.42 Å². The third-order valence-corrected chi connectivity index (χ3v) is 2.74. The van der Waals surface area contributed by atoms with Crippen LogP contribution < -0.4 is 5.43 Å². The molecule has 0 amide bonds. The van der Waals surface area contributed by atoms with Crippen LogP contribution in [0.15, 0.2) is 0 Å². The zero-order chi connectivity index (χ0) is 7.73. The van der Waals surface area contributed by atoms with Gasteiger partial charge in [0.25, 0.3) is 0 Å². The van der Waals surface area contributed by atoms with Crippen LogP contribution in [-0.4, -0.2) is 17.2 Å². The van der Waals surface area contributed by atoms with Crippen LogP contribution in [0.25, 0.3) is 0 Å². The van der Waals surface area contributed by atoms with Gasteiger partial charge in [0.1, 0.15) is 0 Å². The third-order valence-electron chi connectivity index (χ3n) is 2.74. The monoisotopic (exact) mass is 150 g/mol. The zero-order valence-corrected chi connectivity index (χ0v) is 6.77. The van der Waals surface area contributed by atoms with Crippen molar-refractivity contribution in [2.24, 2.45) is 0 Å². The summed E-state index contributed by atoms with van der Waals surface area (Å²) in [5.41, 5.74) is 3.71. The Morgan fingerprint density at radius 1 is 1.36 bits per heavy atom. The molecule has 2 fully saturated rings. The lowest BCUT2D eigenvalue weighted by molar-refractivity contribution is 0.327. The molecule has 60 valence electrons. The Kier molecular flexibility index (Phi) is 1.63. The van der Waals surface area contributed by atoms with E-state index >= 15 is 0 Å². The molecule has 1 N–H and O–H groups in total. The normalized spacial score (nSPS) is 33.2. The number of hydrogen-bond donors (Lipinski definition) is 1. The summed E-state index contributed by atoms with van der Waals surface area (Å²) in [6.45, 7) is 0.764. The number of nitrogens with one attached hydrogen (secondary N) is 1. The van der Waals surface area contributed by atoms with Gasteiger partial charge in [0.05, 0.1) is 12.2 Å². The Balaban J connectivity index is 1.90. The maximum Gasteiger partial charge on any atom is 0.0985 e. The van der Waals surface area contributed by atoms with E-state index in [-0.39, 0.29) is 0 Å². The minimum atomic E-state index is 0.338. The molecule has 1 aliphatic carbocycles. The second kappa shape index (κ2) is 2.51. The summed E-state index contributed by atoms with van der Waals surface area (Å²) in [6, 6.07) is 0. The largest absolute Gasteiger partial charge is 0.231 e. The number of nitrogens with zero attached hydrogens (tertiary/aromatic N) is 1. The SMILES string of the molecule is C#CCN1NC12CCCCC2. The molecule has 2 nitrogen and oxygen atoms in total. The Morgan fingerprint density at radius 2 is 2.09 bits per heavy atom. The molecule has 1 saturated heterocycles. The first-order chi connectivity index (χ1) is 5.37. The van der Waals surface area contributed by atoms with E-state index in [9.17, 15) is 0 Å². The Morgan fingerprint density at radius 3 is 2.73 bits per heavy atom. The highest BCUT2D eigenvalue weighted by Crippen LogP contribution is 2.39. The molecule has 0 aromatic carbocycles. The number of hydrogen-bond acceptors (Lipinski definition) is 2. The molecule has 11 heavy (non-hydrogen) atoms. The standard InChI is InChI=1S/C9H14N2/c1-2-8-11-9(10-11)6-4-3-5-7-9/h1,10H,3-8H2. The van der Waals surface area contributed by atoms with Crippen molar-refractivity contribution < 1.29 is 0 Å². The molecule has 1 unspecified atom stereocenters. The molecular weight excluding hydrogens is 136 g/mol. The fraction of sp³-hybridized carbons (Fsp3) is 0.778. The fourth-order valence-electron chi connectivity index (χ4n) is 2.03. The van der Waals surface area contributed by atoms with Crippen LogP contribution in [0.5, 0.6) is 0 Å². The first-order valence-electron chi connectivity index (χ1n) is 4.36. The van der Waals surface area contributed by atoms with E-state index in [1.807, 2.05) is 0 Å². The van der Waals surface area contributed by atoms with Gasteiger partial charge in [-0.1, -0.05) is 25.2 Å². The highest BCUT2D eigenvalue weighted by Gasteiger charge is 2.50. The number of terminal acetylenes is 1. The van der Waals surface area contributed by atoms with E-state index in [4.69, 9.17) is 6.42 Å². The Labute approximate surface area is 67.9 Å². The number of hydrazine groups is 1. The van der Waals surface area contributed by atoms with Gasteiger partial charge in [0.2, 0.25) is 0 Å². The van der Waals surface area contributed by atoms with Crippen LogP contribution in [0.2, 0.25) is 0 Å². The Bertz CT molecular complexity index is 186. The first-order valence-corrected chi connectivity index (χ1v) is 4.36. The van der Waals surface area contributed by atoms with Crippen LogP contribution in [0.3, 0.4) is 0 Å². The molecule has 1 spiro atoms. The average Bonchev–Trinajstić information content (AvgIpc) is 2.66. The maximum atomic E-state index is 5.23. The summed E-state index contributed by atoms with van der Waals surface area (Å²) >= 11 is 0. The van der Waals surface area contributed by atoms with E-state index in [0.29, 0.717) is 5.66 Å². The first kappa shape index (κ1) is 7.15. The predicted molar refractivity (Wildman–Crippen MR) is 44.5 cm³/mol. The smallest absolute Gasteiger partial charge is 0.0985 e. The summed E-state index contributed by atoms with van der Waals surface area (Å²) in [4.78, 5) is 0. The summed E-state index contributed by atoms with van der Waals surface area (Å²) in [5.74, 6) is 2.66. The molecule has 2 aliphatic rings. The summed E-state index contributed by atoms with van der Waals surface area (Å²) < 4.78 is 0. The van der Waals surface area contributed by atoms with Gasteiger partial charge in [-0.2, -0.15) is 0 Å². The molecule has 0 aromatic heterocycles. The molecule has 0 radical (unpaired) electrons. The van der Waals surface area contributed by atoms with Crippen molar-refractivity contribution in [1.82, 2.24) is 10.4 Å². The predicted octanol–water partition coefficient (Wildman–Crippen LogP) is 1.10. The second-order valence-electron chi connectivity index (χ2n) is 3.49. The lowest BCUT2D eigenvalue weighted by Gasteiger charge is -2.18. The van der Waals surface area contributed by atoms with E-state index in [0.717, 1.165) is 6.54 Å². The zero-order valence-electron chi connectivity index (χ0n) is 6.77. The molecule has 1 aliphatic heterocycles. The highest BCUT2D eigenvalue weighted by molar-refractivity contribution is 5.04. The van der Waals surface area contributed by atoms with E-state index < -0.39 is 0 Å². The van der Waals surface area contributed by atoms with E-state index in [1.54, 1.807) is 0 Å². The van der Waals surface area contributed by atoms with Gasteiger partial charge in [0.15, 0.2) is 0 Å². The quantitative estimate of drug-likeness (QED) is 0.447. The van der Waals surface area contributed by atoms with Gasteiger partial charge in [-0.3, -0.25) is 0 Å². The molecule has 1 saturated carbocycles. The van der Waals surface area contributed by atoms with Gasteiger partial charge < -0.3 is 0 Å². The van der Waals surface area contributed by atoms with E-state index in [2.05, 4.69) is 16.4 Å². The lowest BCUT2D eigenvalue weighted by Crippen LogP contribution is -2.22. The topological polar surface area (TPSA) is 25.0 Å². The lowest BCUT2D eigenvalue weighted by atomic mass is 9.92. The minimum absolute atomic E-state index is 0.338. The van der Waals surface area contributed by atoms with Crippen molar-refractivity contribution in [2.45, 2.75) is 37.8 Å². The molecule has 2 rings (SSSR count). The van der Waals surface area contributed by atoms with Crippen LogP contribution in [0.1, 0.15) is 32.1 Å². The maximum absolute atomic E-state index is 5.23. The van der Waals surface area contributed by atoms with Crippen LogP contribution in [0, 0.1) is 12.3 Å². The second-order valence-corrected chi connectivity index (χ2v) is 3.49. The van der Waals surface area contributed by atoms with Gasteiger partial charge in [0, 0.05) is 0 Å². The van der Waals surface area contributed by atoms with Crippen molar-refractivity contribution in [2.75, 3.05) is 6.54 Å². The molecule has 1 heterocycles. The van der Waals surface area contributed by atoms with Crippen molar-refractivity contribution in [1.29, 1.82) is 0 Å². The van der Waals surface area contributed by atoms with Crippen molar-refractivity contribution in [3.8, 4) is 12.3 Å². The molecule has 2 heteroatoms. The van der Waals surface area contributed by atoms with Crippen LogP contribution in [-0.2, 0) is 0 Å². The Hall–Kier alpha value is -0.520. The van der Waals surface area contributed by atoms with Crippen molar-refractivity contribution >= 4 is 0 Å². The third kappa shape index (κ3) is 1.15. The van der Waals surface area contributed by atoms with Crippen molar-refractivity contribution in [3.63, 3.8) is 0 Å². The molecule has 0 aromatic rings. The van der Waals surface area contributed by atoms with Crippen LogP contribution in [0.4, 0.5) is 0 Å². The number of rotatable bonds is 1. The molecule has 1 atom stereocenters. The van der Waals surface area contributed by atoms with Gasteiger partial charge >= 0.3 is 0 Å².